The maximum atomic E-state index is 8.60. The van der Waals surface area contributed by atoms with Crippen molar-refractivity contribution in [3.63, 3.8) is 0 Å². The van der Waals surface area contributed by atoms with E-state index in [9.17, 15) is 0 Å². The Kier molecular flexibility index (Phi) is 3.08. The first-order chi connectivity index (χ1) is 7.78. The Labute approximate surface area is 94.8 Å². The summed E-state index contributed by atoms with van der Waals surface area (Å²) < 4.78 is 0. The maximum absolute atomic E-state index is 8.60. The standard InChI is InChI=1S/C13H13N3/c1-10-3-2-4-13(9-10)15-11-5-7-12(16-14)8-6-11/h2-5,7,9H,6,8H2,1H3. The first-order valence-electron chi connectivity index (χ1n) is 5.31. The van der Waals surface area contributed by atoms with Crippen molar-refractivity contribution in [1.29, 1.82) is 0 Å². The lowest BCUT2D eigenvalue weighted by Crippen LogP contribution is -2.07. The van der Waals surface area contributed by atoms with Gasteiger partial charge in [0.05, 0.1) is 12.1 Å². The normalized spacial score (nSPS) is 17.6. The fourth-order valence-corrected chi connectivity index (χ4v) is 1.66. The number of benzene rings is 1. The molecule has 0 amide bonds. The highest BCUT2D eigenvalue weighted by Crippen LogP contribution is 2.16. The second kappa shape index (κ2) is 4.69. The smallest absolute Gasteiger partial charge is 0.292 e. The van der Waals surface area contributed by atoms with Crippen LogP contribution in [0.4, 0.5) is 5.69 Å². The van der Waals surface area contributed by atoms with Crippen LogP contribution >= 0.6 is 0 Å². The van der Waals surface area contributed by atoms with Crippen molar-refractivity contribution in [1.82, 2.24) is 0 Å². The van der Waals surface area contributed by atoms with E-state index in [2.05, 4.69) is 28.8 Å². The Morgan fingerprint density at radius 1 is 1.25 bits per heavy atom. The Hall–Kier alpha value is -1.99. The van der Waals surface area contributed by atoms with Crippen LogP contribution in [0.25, 0.3) is 5.53 Å². The van der Waals surface area contributed by atoms with Crippen LogP contribution < -0.4 is 0 Å². The van der Waals surface area contributed by atoms with Gasteiger partial charge in [0.15, 0.2) is 0 Å². The molecule has 0 heterocycles. The van der Waals surface area contributed by atoms with E-state index in [1.165, 1.54) is 5.56 Å². The number of rotatable bonds is 1. The van der Waals surface area contributed by atoms with Gasteiger partial charge in [-0.05, 0) is 30.7 Å². The summed E-state index contributed by atoms with van der Waals surface area (Å²) in [6.07, 6.45) is 5.28. The van der Waals surface area contributed by atoms with E-state index >= 15 is 0 Å². The van der Waals surface area contributed by atoms with Crippen molar-refractivity contribution in [3.05, 3.63) is 47.5 Å². The molecule has 1 aliphatic rings. The number of nitrogens with zero attached hydrogens (tertiary/aromatic N) is 3. The van der Waals surface area contributed by atoms with Gasteiger partial charge in [-0.1, -0.05) is 12.1 Å². The molecule has 0 aromatic heterocycles. The predicted octanol–water partition coefficient (Wildman–Crippen LogP) is 3.09. The number of hydrogen-bond donors (Lipinski definition) is 0. The molecule has 2 rings (SSSR count). The first-order valence-corrected chi connectivity index (χ1v) is 5.31. The molecule has 80 valence electrons. The van der Waals surface area contributed by atoms with Crippen LogP contribution in [0, 0.1) is 6.92 Å². The van der Waals surface area contributed by atoms with Crippen LogP contribution in [-0.2, 0) is 0 Å². The van der Waals surface area contributed by atoms with E-state index < -0.39 is 0 Å². The second-order valence-corrected chi connectivity index (χ2v) is 3.87. The highest BCUT2D eigenvalue weighted by Gasteiger charge is 2.11. The quantitative estimate of drug-likeness (QED) is 0.506. The van der Waals surface area contributed by atoms with Gasteiger partial charge >= 0.3 is 0 Å². The molecule has 1 aromatic carbocycles. The molecule has 0 aliphatic heterocycles. The summed E-state index contributed by atoms with van der Waals surface area (Å²) in [4.78, 5) is 7.72. The molecule has 0 fully saturated rings. The third kappa shape index (κ3) is 2.53. The third-order valence-corrected chi connectivity index (χ3v) is 2.51. The Morgan fingerprint density at radius 3 is 2.75 bits per heavy atom. The summed E-state index contributed by atoms with van der Waals surface area (Å²) in [6, 6.07) is 8.10. The fourth-order valence-electron chi connectivity index (χ4n) is 1.66. The summed E-state index contributed by atoms with van der Waals surface area (Å²) in [6.45, 7) is 2.05. The molecular weight excluding hydrogens is 198 g/mol. The zero-order valence-corrected chi connectivity index (χ0v) is 9.22. The topological polar surface area (TPSA) is 48.8 Å². The van der Waals surface area contributed by atoms with Crippen LogP contribution in [0.5, 0.6) is 0 Å². The summed E-state index contributed by atoms with van der Waals surface area (Å²) >= 11 is 0. The first kappa shape index (κ1) is 10.5. The van der Waals surface area contributed by atoms with E-state index in [-0.39, 0.29) is 0 Å². The Morgan fingerprint density at radius 2 is 2.12 bits per heavy atom. The molecule has 0 spiro atoms. The molecule has 1 aliphatic carbocycles. The van der Waals surface area contributed by atoms with E-state index in [1.54, 1.807) is 6.08 Å². The SMILES string of the molecule is Cc1cccc(N=C2C=CC(=[N+]=[N-])CC2)c1. The van der Waals surface area contributed by atoms with Crippen molar-refractivity contribution in [2.75, 3.05) is 0 Å². The van der Waals surface area contributed by atoms with Gasteiger partial charge in [-0.3, -0.25) is 4.99 Å². The minimum absolute atomic E-state index is 0.711. The lowest BCUT2D eigenvalue weighted by atomic mass is 10.0. The summed E-state index contributed by atoms with van der Waals surface area (Å²) in [5, 5.41) is 0. The van der Waals surface area contributed by atoms with Crippen LogP contribution in [-0.4, -0.2) is 16.2 Å². The summed E-state index contributed by atoms with van der Waals surface area (Å²) in [5.74, 6) is 0. The molecule has 3 heteroatoms. The lowest BCUT2D eigenvalue weighted by molar-refractivity contribution is -0.00621. The Balaban J connectivity index is 2.23. The molecule has 3 nitrogen and oxygen atoms in total. The largest absolute Gasteiger partial charge is 0.361 e. The van der Waals surface area contributed by atoms with E-state index in [0.29, 0.717) is 5.71 Å². The zero-order chi connectivity index (χ0) is 11.4. The van der Waals surface area contributed by atoms with E-state index in [0.717, 1.165) is 24.2 Å². The minimum Gasteiger partial charge on any atom is -0.361 e. The average molecular weight is 211 g/mol. The molecule has 1 aromatic rings. The van der Waals surface area contributed by atoms with Crippen molar-refractivity contribution in [2.24, 2.45) is 4.99 Å². The monoisotopic (exact) mass is 211 g/mol. The zero-order valence-electron chi connectivity index (χ0n) is 9.22. The van der Waals surface area contributed by atoms with Crippen molar-refractivity contribution in [3.8, 4) is 0 Å². The van der Waals surface area contributed by atoms with Gasteiger partial charge in [-0.25, -0.2) is 0 Å². The van der Waals surface area contributed by atoms with Crippen molar-refractivity contribution in [2.45, 2.75) is 19.8 Å². The second-order valence-electron chi connectivity index (χ2n) is 3.87. The molecule has 0 saturated carbocycles. The van der Waals surface area contributed by atoms with Crippen LogP contribution in [0.3, 0.4) is 0 Å². The number of hydrogen-bond acceptors (Lipinski definition) is 1. The molecular formula is C13H13N3. The highest BCUT2D eigenvalue weighted by molar-refractivity contribution is 6.07. The number of aryl methyl sites for hydroxylation is 1. The van der Waals surface area contributed by atoms with Gasteiger partial charge < -0.3 is 5.53 Å². The van der Waals surface area contributed by atoms with Gasteiger partial charge in [-0.2, -0.15) is 4.79 Å². The number of aliphatic imine (C=N–C) groups is 1. The molecule has 0 N–H and O–H groups in total. The van der Waals surface area contributed by atoms with E-state index in [4.69, 9.17) is 5.53 Å². The predicted molar refractivity (Wildman–Crippen MR) is 65.3 cm³/mol. The molecule has 0 bridgehead atoms. The molecule has 16 heavy (non-hydrogen) atoms. The van der Waals surface area contributed by atoms with Gasteiger partial charge in [0.1, 0.15) is 0 Å². The average Bonchev–Trinajstić information content (AvgIpc) is 2.30. The highest BCUT2D eigenvalue weighted by atomic mass is 14.9. The van der Waals surface area contributed by atoms with Crippen LogP contribution in [0.1, 0.15) is 18.4 Å². The molecule has 0 saturated heterocycles. The number of allylic oxidation sites excluding steroid dienone is 2. The minimum atomic E-state index is 0.711. The van der Waals surface area contributed by atoms with Crippen LogP contribution in [0.2, 0.25) is 0 Å². The van der Waals surface area contributed by atoms with Gasteiger partial charge in [0.25, 0.3) is 5.71 Å². The van der Waals surface area contributed by atoms with Crippen molar-refractivity contribution < 1.29 is 4.79 Å². The lowest BCUT2D eigenvalue weighted by Gasteiger charge is -2.04. The van der Waals surface area contributed by atoms with Gasteiger partial charge in [-0.15, -0.1) is 0 Å². The van der Waals surface area contributed by atoms with Crippen LogP contribution in [0.15, 0.2) is 41.4 Å². The van der Waals surface area contributed by atoms with Gasteiger partial charge in [0.2, 0.25) is 0 Å². The summed E-state index contributed by atoms with van der Waals surface area (Å²) in [7, 11) is 0. The van der Waals surface area contributed by atoms with Gasteiger partial charge in [0, 0.05) is 18.2 Å². The van der Waals surface area contributed by atoms with E-state index in [1.807, 2.05) is 18.2 Å². The molecule has 0 unspecified atom stereocenters. The fraction of sp³-hybridized carbons (Fsp3) is 0.231. The Bertz CT molecular complexity index is 506. The third-order valence-electron chi connectivity index (χ3n) is 2.51. The molecule has 0 atom stereocenters. The maximum Gasteiger partial charge on any atom is 0.292 e. The van der Waals surface area contributed by atoms with Crippen molar-refractivity contribution >= 4 is 17.1 Å². The summed E-state index contributed by atoms with van der Waals surface area (Å²) in [5.41, 5.74) is 12.5. The molecule has 0 radical (unpaired) electrons.